The summed E-state index contributed by atoms with van der Waals surface area (Å²) in [7, 11) is 0. The molecule has 0 aliphatic carbocycles. The number of rotatable bonds is 10. The number of hydrogen-bond donors (Lipinski definition) is 3. The SMILES string of the molecule is NC(=O)NCCCCCC(=O)OCC(=O)Nc1ccc(N2CCCC2)cc1. The number of ether oxygens (including phenoxy) is 1. The average molecular weight is 376 g/mol. The lowest BCUT2D eigenvalue weighted by Gasteiger charge is -2.17. The van der Waals surface area contributed by atoms with Crippen molar-refractivity contribution in [3.63, 3.8) is 0 Å². The molecule has 0 bridgehead atoms. The van der Waals surface area contributed by atoms with Crippen molar-refractivity contribution < 1.29 is 19.1 Å². The van der Waals surface area contributed by atoms with Crippen molar-refractivity contribution in [2.75, 3.05) is 36.5 Å². The number of nitrogens with two attached hydrogens (primary N) is 1. The minimum atomic E-state index is -0.550. The zero-order valence-electron chi connectivity index (χ0n) is 15.5. The van der Waals surface area contributed by atoms with E-state index in [4.69, 9.17) is 10.5 Å². The third-order valence-electron chi connectivity index (χ3n) is 4.34. The Kier molecular flexibility index (Phi) is 8.41. The predicted octanol–water partition coefficient (Wildman–Crippen LogP) is 2.00. The maximum atomic E-state index is 11.9. The van der Waals surface area contributed by atoms with E-state index in [-0.39, 0.29) is 18.9 Å². The normalized spacial score (nSPS) is 13.3. The molecule has 1 aliphatic rings. The number of amides is 3. The Labute approximate surface area is 159 Å². The summed E-state index contributed by atoms with van der Waals surface area (Å²) in [6.45, 7) is 2.34. The molecule has 2 rings (SSSR count). The molecule has 148 valence electrons. The van der Waals surface area contributed by atoms with Crippen LogP contribution in [0.4, 0.5) is 16.2 Å². The molecule has 0 atom stereocenters. The molecule has 8 heteroatoms. The molecule has 1 fully saturated rings. The lowest BCUT2D eigenvalue weighted by molar-refractivity contribution is -0.147. The number of primary amides is 1. The van der Waals surface area contributed by atoms with Crippen LogP contribution in [-0.4, -0.2) is 44.1 Å². The zero-order chi connectivity index (χ0) is 19.5. The molecule has 0 radical (unpaired) electrons. The van der Waals surface area contributed by atoms with Crippen LogP contribution in [0.3, 0.4) is 0 Å². The van der Waals surface area contributed by atoms with Gasteiger partial charge in [-0.1, -0.05) is 6.42 Å². The summed E-state index contributed by atoms with van der Waals surface area (Å²) >= 11 is 0. The van der Waals surface area contributed by atoms with Crippen molar-refractivity contribution in [2.24, 2.45) is 5.73 Å². The first-order chi connectivity index (χ1) is 13.0. The Morgan fingerprint density at radius 3 is 2.41 bits per heavy atom. The predicted molar refractivity (Wildman–Crippen MR) is 104 cm³/mol. The fraction of sp³-hybridized carbons (Fsp3) is 0.526. The van der Waals surface area contributed by atoms with Gasteiger partial charge in [-0.3, -0.25) is 9.59 Å². The summed E-state index contributed by atoms with van der Waals surface area (Å²) in [6.07, 6.45) is 4.82. The van der Waals surface area contributed by atoms with Gasteiger partial charge in [-0.05, 0) is 49.9 Å². The Bertz CT molecular complexity index is 627. The van der Waals surface area contributed by atoms with Gasteiger partial charge in [-0.25, -0.2) is 4.79 Å². The fourth-order valence-corrected chi connectivity index (χ4v) is 2.93. The lowest BCUT2D eigenvalue weighted by Crippen LogP contribution is -2.29. The zero-order valence-corrected chi connectivity index (χ0v) is 15.5. The molecule has 0 aromatic heterocycles. The Hall–Kier alpha value is -2.77. The third-order valence-corrected chi connectivity index (χ3v) is 4.34. The third kappa shape index (κ3) is 7.98. The Balaban J connectivity index is 1.58. The van der Waals surface area contributed by atoms with Crippen LogP contribution >= 0.6 is 0 Å². The number of nitrogens with zero attached hydrogens (tertiary/aromatic N) is 1. The monoisotopic (exact) mass is 376 g/mol. The lowest BCUT2D eigenvalue weighted by atomic mass is 10.2. The van der Waals surface area contributed by atoms with Crippen LogP contribution in [0.25, 0.3) is 0 Å². The molecular formula is C19H28N4O4. The van der Waals surface area contributed by atoms with E-state index in [1.165, 1.54) is 12.8 Å². The molecule has 1 aliphatic heterocycles. The van der Waals surface area contributed by atoms with Crippen molar-refractivity contribution in [3.8, 4) is 0 Å². The molecule has 0 unspecified atom stereocenters. The first-order valence-electron chi connectivity index (χ1n) is 9.38. The standard InChI is InChI=1S/C19H28N4O4/c20-19(26)21-11-3-1-2-6-18(25)27-14-17(24)22-15-7-9-16(10-8-15)23-12-4-5-13-23/h7-10H,1-6,11-14H2,(H,22,24)(H3,20,21,26). The van der Waals surface area contributed by atoms with Gasteiger partial charge >= 0.3 is 12.0 Å². The Morgan fingerprint density at radius 2 is 1.74 bits per heavy atom. The molecule has 8 nitrogen and oxygen atoms in total. The highest BCUT2D eigenvalue weighted by Gasteiger charge is 2.12. The molecule has 1 aromatic carbocycles. The maximum absolute atomic E-state index is 11.9. The molecule has 0 spiro atoms. The van der Waals surface area contributed by atoms with E-state index in [1.54, 1.807) is 0 Å². The average Bonchev–Trinajstić information content (AvgIpc) is 3.18. The maximum Gasteiger partial charge on any atom is 0.312 e. The number of nitrogens with one attached hydrogen (secondary N) is 2. The summed E-state index contributed by atoms with van der Waals surface area (Å²) in [5.74, 6) is -0.764. The van der Waals surface area contributed by atoms with E-state index in [2.05, 4.69) is 15.5 Å². The van der Waals surface area contributed by atoms with Gasteiger partial charge in [0.15, 0.2) is 6.61 Å². The molecular weight excluding hydrogens is 348 g/mol. The van der Waals surface area contributed by atoms with Crippen LogP contribution < -0.4 is 21.3 Å². The first kappa shape index (κ1) is 20.5. The molecule has 1 aromatic rings. The number of hydrogen-bond acceptors (Lipinski definition) is 5. The summed E-state index contributed by atoms with van der Waals surface area (Å²) < 4.78 is 4.98. The quantitative estimate of drug-likeness (QED) is 0.427. The summed E-state index contributed by atoms with van der Waals surface area (Å²) in [5, 5.41) is 5.21. The fourth-order valence-electron chi connectivity index (χ4n) is 2.93. The highest BCUT2D eigenvalue weighted by molar-refractivity contribution is 5.92. The van der Waals surface area contributed by atoms with Crippen molar-refractivity contribution >= 4 is 29.3 Å². The second-order valence-electron chi connectivity index (χ2n) is 6.55. The van der Waals surface area contributed by atoms with Crippen molar-refractivity contribution in [2.45, 2.75) is 38.5 Å². The van der Waals surface area contributed by atoms with Gasteiger partial charge in [0.1, 0.15) is 0 Å². The van der Waals surface area contributed by atoms with Gasteiger partial charge in [0.05, 0.1) is 0 Å². The number of anilines is 2. The minimum Gasteiger partial charge on any atom is -0.456 e. The van der Waals surface area contributed by atoms with Gasteiger partial charge in [0, 0.05) is 37.4 Å². The van der Waals surface area contributed by atoms with E-state index in [0.29, 0.717) is 18.7 Å². The van der Waals surface area contributed by atoms with Crippen LogP contribution in [0.1, 0.15) is 38.5 Å². The summed E-state index contributed by atoms with van der Waals surface area (Å²) in [5.41, 5.74) is 6.79. The van der Waals surface area contributed by atoms with Crippen LogP contribution in [-0.2, 0) is 14.3 Å². The minimum absolute atomic E-state index is 0.244. The Morgan fingerprint density at radius 1 is 1.04 bits per heavy atom. The highest BCUT2D eigenvalue weighted by Crippen LogP contribution is 2.21. The second-order valence-corrected chi connectivity index (χ2v) is 6.55. The molecule has 0 saturated carbocycles. The van der Waals surface area contributed by atoms with Crippen LogP contribution in [0.15, 0.2) is 24.3 Å². The number of carbonyl (C=O) groups is 3. The van der Waals surface area contributed by atoms with Crippen LogP contribution in [0.5, 0.6) is 0 Å². The van der Waals surface area contributed by atoms with E-state index in [1.807, 2.05) is 24.3 Å². The first-order valence-corrected chi connectivity index (χ1v) is 9.38. The topological polar surface area (TPSA) is 114 Å². The van der Waals surface area contributed by atoms with Gasteiger partial charge in [0.2, 0.25) is 0 Å². The van der Waals surface area contributed by atoms with E-state index in [9.17, 15) is 14.4 Å². The number of esters is 1. The molecule has 3 amide bonds. The summed E-state index contributed by atoms with van der Waals surface area (Å²) in [6, 6.07) is 7.13. The van der Waals surface area contributed by atoms with Crippen molar-refractivity contribution in [3.05, 3.63) is 24.3 Å². The molecule has 1 saturated heterocycles. The van der Waals surface area contributed by atoms with Gasteiger partial charge < -0.3 is 26.0 Å². The highest BCUT2D eigenvalue weighted by atomic mass is 16.5. The summed E-state index contributed by atoms with van der Waals surface area (Å²) in [4.78, 5) is 36.3. The number of carbonyl (C=O) groups excluding carboxylic acids is 3. The smallest absolute Gasteiger partial charge is 0.312 e. The van der Waals surface area contributed by atoms with Gasteiger partial charge in [0.25, 0.3) is 5.91 Å². The molecule has 27 heavy (non-hydrogen) atoms. The van der Waals surface area contributed by atoms with Crippen molar-refractivity contribution in [1.82, 2.24) is 5.32 Å². The van der Waals surface area contributed by atoms with Gasteiger partial charge in [-0.15, -0.1) is 0 Å². The van der Waals surface area contributed by atoms with Crippen LogP contribution in [0.2, 0.25) is 0 Å². The molecule has 4 N–H and O–H groups in total. The van der Waals surface area contributed by atoms with Gasteiger partial charge in [-0.2, -0.15) is 0 Å². The largest absolute Gasteiger partial charge is 0.456 e. The number of urea groups is 1. The molecule has 1 heterocycles. The van der Waals surface area contributed by atoms with Crippen LogP contribution in [0, 0.1) is 0 Å². The second kappa shape index (κ2) is 11.1. The van der Waals surface area contributed by atoms with E-state index >= 15 is 0 Å². The number of unbranched alkanes of at least 4 members (excludes halogenated alkanes) is 2. The van der Waals surface area contributed by atoms with Crippen molar-refractivity contribution in [1.29, 1.82) is 0 Å². The number of benzene rings is 1. The van der Waals surface area contributed by atoms with E-state index in [0.717, 1.165) is 31.6 Å². The van der Waals surface area contributed by atoms with E-state index < -0.39 is 12.0 Å².